The molecule has 0 spiro atoms. The number of rotatable bonds is 11. The van der Waals surface area contributed by atoms with Crippen LogP contribution in [0.25, 0.3) is 11.1 Å². The average molecular weight is 491 g/mol. The minimum absolute atomic E-state index is 0.196. The summed E-state index contributed by atoms with van der Waals surface area (Å²) in [5, 5.41) is 9.11. The van der Waals surface area contributed by atoms with Crippen LogP contribution in [-0.4, -0.2) is 30.9 Å². The molecule has 194 valence electrons. The molecule has 2 saturated carbocycles. The highest BCUT2D eigenvalue weighted by Crippen LogP contribution is 2.44. The first-order valence-corrected chi connectivity index (χ1v) is 13.9. The third kappa shape index (κ3) is 7.22. The van der Waals surface area contributed by atoms with Gasteiger partial charge in [0.05, 0.1) is 0 Å². The number of aliphatic hydroxyl groups is 1. The fraction of sp³-hybridized carbons (Fsp3) is 0.531. The minimum atomic E-state index is -0.430. The summed E-state index contributed by atoms with van der Waals surface area (Å²) in [5.74, 6) is 2.88. The fourth-order valence-electron chi connectivity index (χ4n) is 6.17. The molecule has 0 atom stereocenters. The van der Waals surface area contributed by atoms with E-state index in [9.17, 15) is 4.79 Å². The van der Waals surface area contributed by atoms with Gasteiger partial charge in [0, 0.05) is 18.2 Å². The summed E-state index contributed by atoms with van der Waals surface area (Å²) in [7, 11) is 0. The van der Waals surface area contributed by atoms with Gasteiger partial charge in [-0.2, -0.15) is 0 Å². The van der Waals surface area contributed by atoms with Crippen molar-refractivity contribution in [2.45, 2.75) is 76.5 Å². The standard InChI is InChI=1S/C32H42O4/c1-2-32(34)36-22-21-35-31-23-29(27-16-14-26(15-17-27)25-8-4-3-5-9-25)18-19-30(31)28-12-10-24(11-13-28)7-6-20-33/h2,10-13,18-19,23,25-27,33H,1,3-9,14-17,20-22H2. The molecule has 36 heavy (non-hydrogen) atoms. The summed E-state index contributed by atoms with van der Waals surface area (Å²) < 4.78 is 11.3. The van der Waals surface area contributed by atoms with E-state index in [2.05, 4.69) is 49.0 Å². The maximum atomic E-state index is 11.4. The Bertz CT molecular complexity index is 966. The third-order valence-corrected chi connectivity index (χ3v) is 8.21. The van der Waals surface area contributed by atoms with E-state index in [0.29, 0.717) is 12.5 Å². The maximum absolute atomic E-state index is 11.4. The molecule has 0 aromatic heterocycles. The van der Waals surface area contributed by atoms with Gasteiger partial charge in [-0.25, -0.2) is 4.79 Å². The fourth-order valence-corrected chi connectivity index (χ4v) is 6.17. The van der Waals surface area contributed by atoms with E-state index in [1.54, 1.807) is 0 Å². The molecule has 4 rings (SSSR count). The number of aryl methyl sites for hydroxylation is 1. The molecule has 2 aromatic carbocycles. The summed E-state index contributed by atoms with van der Waals surface area (Å²) in [5.41, 5.74) is 4.74. The Kier molecular flexibility index (Phi) is 10.0. The molecule has 0 heterocycles. The lowest BCUT2D eigenvalue weighted by Gasteiger charge is -2.36. The largest absolute Gasteiger partial charge is 0.489 e. The molecule has 0 amide bonds. The first-order chi connectivity index (χ1) is 17.7. The van der Waals surface area contributed by atoms with Crippen LogP contribution in [0, 0.1) is 11.8 Å². The topological polar surface area (TPSA) is 55.8 Å². The zero-order valence-corrected chi connectivity index (χ0v) is 21.6. The van der Waals surface area contributed by atoms with Crippen LogP contribution >= 0.6 is 0 Å². The van der Waals surface area contributed by atoms with E-state index in [-0.39, 0.29) is 13.2 Å². The average Bonchev–Trinajstić information content (AvgIpc) is 2.95. The van der Waals surface area contributed by atoms with Gasteiger partial charge >= 0.3 is 5.97 Å². The maximum Gasteiger partial charge on any atom is 0.330 e. The molecule has 0 aliphatic heterocycles. The van der Waals surface area contributed by atoms with E-state index in [0.717, 1.165) is 41.6 Å². The summed E-state index contributed by atoms with van der Waals surface area (Å²) in [4.78, 5) is 11.4. The van der Waals surface area contributed by atoms with Crippen LogP contribution < -0.4 is 4.74 Å². The molecule has 1 N–H and O–H groups in total. The van der Waals surface area contributed by atoms with E-state index in [1.807, 2.05) is 0 Å². The van der Waals surface area contributed by atoms with Crippen molar-refractivity contribution in [1.29, 1.82) is 0 Å². The van der Waals surface area contributed by atoms with Crippen LogP contribution in [0.15, 0.2) is 55.1 Å². The Morgan fingerprint density at radius 3 is 2.33 bits per heavy atom. The minimum Gasteiger partial charge on any atom is -0.489 e. The van der Waals surface area contributed by atoms with Gasteiger partial charge in [0.2, 0.25) is 0 Å². The number of carbonyl (C=O) groups excluding carboxylic acids is 1. The lowest BCUT2D eigenvalue weighted by Crippen LogP contribution is -2.23. The number of benzene rings is 2. The lowest BCUT2D eigenvalue weighted by molar-refractivity contribution is -0.138. The number of ether oxygens (including phenoxy) is 2. The van der Waals surface area contributed by atoms with Gasteiger partial charge in [0.1, 0.15) is 19.0 Å². The van der Waals surface area contributed by atoms with Crippen molar-refractivity contribution in [3.8, 4) is 16.9 Å². The number of hydrogen-bond acceptors (Lipinski definition) is 4. The summed E-state index contributed by atoms with van der Waals surface area (Å²) in [6.07, 6.45) is 15.2. The molecular formula is C32H42O4. The molecule has 0 unspecified atom stereocenters. The number of esters is 1. The first-order valence-electron chi connectivity index (χ1n) is 13.9. The van der Waals surface area contributed by atoms with Gasteiger partial charge in [-0.3, -0.25) is 0 Å². The summed E-state index contributed by atoms with van der Waals surface area (Å²) >= 11 is 0. The van der Waals surface area contributed by atoms with Crippen molar-refractivity contribution in [3.05, 3.63) is 66.2 Å². The normalized spacial score (nSPS) is 20.6. The molecule has 4 nitrogen and oxygen atoms in total. The first kappa shape index (κ1) is 26.5. The smallest absolute Gasteiger partial charge is 0.330 e. The van der Waals surface area contributed by atoms with E-state index >= 15 is 0 Å². The molecule has 2 aliphatic carbocycles. The van der Waals surface area contributed by atoms with Crippen molar-refractivity contribution in [1.82, 2.24) is 0 Å². The predicted molar refractivity (Wildman–Crippen MR) is 145 cm³/mol. The van der Waals surface area contributed by atoms with Crippen molar-refractivity contribution in [3.63, 3.8) is 0 Å². The van der Waals surface area contributed by atoms with E-state index < -0.39 is 5.97 Å². The van der Waals surface area contributed by atoms with Gasteiger partial charge in [-0.1, -0.05) is 75.1 Å². The molecule has 4 heteroatoms. The molecule has 0 bridgehead atoms. The zero-order chi connectivity index (χ0) is 25.2. The van der Waals surface area contributed by atoms with Crippen molar-refractivity contribution < 1.29 is 19.4 Å². The Labute approximate surface area is 216 Å². The molecule has 2 aromatic rings. The van der Waals surface area contributed by atoms with Crippen LogP contribution in [0.5, 0.6) is 5.75 Å². The number of carbonyl (C=O) groups is 1. The monoisotopic (exact) mass is 490 g/mol. The summed E-state index contributed by atoms with van der Waals surface area (Å²) in [6, 6.07) is 15.2. The zero-order valence-electron chi connectivity index (χ0n) is 21.6. The third-order valence-electron chi connectivity index (χ3n) is 8.21. The summed E-state index contributed by atoms with van der Waals surface area (Å²) in [6.45, 7) is 4.15. The van der Waals surface area contributed by atoms with E-state index in [4.69, 9.17) is 14.6 Å². The Balaban J connectivity index is 1.46. The highest BCUT2D eigenvalue weighted by molar-refractivity contribution is 5.81. The number of aliphatic hydroxyl groups excluding tert-OH is 1. The Hall–Kier alpha value is -2.59. The molecular weight excluding hydrogens is 448 g/mol. The predicted octanol–water partition coefficient (Wildman–Crippen LogP) is 7.24. The molecule has 2 fully saturated rings. The lowest BCUT2D eigenvalue weighted by atomic mass is 9.70. The van der Waals surface area contributed by atoms with Crippen LogP contribution in [-0.2, 0) is 16.0 Å². The van der Waals surface area contributed by atoms with Crippen molar-refractivity contribution >= 4 is 5.97 Å². The second-order valence-corrected chi connectivity index (χ2v) is 10.5. The Morgan fingerprint density at radius 2 is 1.64 bits per heavy atom. The van der Waals surface area contributed by atoms with Crippen LogP contribution in [0.4, 0.5) is 0 Å². The molecule has 0 saturated heterocycles. The quantitative estimate of drug-likeness (QED) is 0.205. The Morgan fingerprint density at radius 1 is 0.917 bits per heavy atom. The van der Waals surface area contributed by atoms with Crippen LogP contribution in [0.1, 0.15) is 81.3 Å². The van der Waals surface area contributed by atoms with E-state index in [1.165, 1.54) is 75.0 Å². The van der Waals surface area contributed by atoms with Crippen molar-refractivity contribution in [2.24, 2.45) is 11.8 Å². The van der Waals surface area contributed by atoms with Gasteiger partial charge in [0.15, 0.2) is 0 Å². The van der Waals surface area contributed by atoms with Crippen LogP contribution in [0.3, 0.4) is 0 Å². The SMILES string of the molecule is C=CC(=O)OCCOc1cc(C2CCC(C3CCCCC3)CC2)ccc1-c1ccc(CCCO)cc1. The second-order valence-electron chi connectivity index (χ2n) is 10.5. The number of hydrogen-bond donors (Lipinski definition) is 1. The highest BCUT2D eigenvalue weighted by atomic mass is 16.6. The second kappa shape index (κ2) is 13.6. The van der Waals surface area contributed by atoms with Crippen LogP contribution in [0.2, 0.25) is 0 Å². The van der Waals surface area contributed by atoms with Gasteiger partial charge in [-0.15, -0.1) is 0 Å². The van der Waals surface area contributed by atoms with Gasteiger partial charge in [-0.05, 0) is 79.0 Å². The van der Waals surface area contributed by atoms with Crippen molar-refractivity contribution in [2.75, 3.05) is 19.8 Å². The highest BCUT2D eigenvalue weighted by Gasteiger charge is 2.29. The molecule has 2 aliphatic rings. The van der Waals surface area contributed by atoms with Gasteiger partial charge in [0.25, 0.3) is 0 Å². The molecule has 0 radical (unpaired) electrons. The van der Waals surface area contributed by atoms with Gasteiger partial charge < -0.3 is 14.6 Å².